The maximum absolute atomic E-state index is 2.57. The molecule has 0 saturated heterocycles. The molecule has 2 saturated carbocycles. The van der Waals surface area contributed by atoms with Crippen LogP contribution in [-0.2, 0) is 0 Å². The highest BCUT2D eigenvalue weighted by Gasteiger charge is 2.32. The average Bonchev–Trinajstić information content (AvgIpc) is 2.39. The number of hydrogen-bond acceptors (Lipinski definition) is 0. The monoisotopic (exact) mass is 264 g/mol. The standard InChI is InChI=1S/C19H36/c1-14-9-6-5-7-10-19(13-15(14)2)17(4)16(3)18-11-8-12-18/h14-19H,5-13H2,1-4H3. The summed E-state index contributed by atoms with van der Waals surface area (Å²) in [5.74, 6) is 5.90. The van der Waals surface area contributed by atoms with Crippen LogP contribution in [0, 0.1) is 35.5 Å². The van der Waals surface area contributed by atoms with Gasteiger partial charge in [0.25, 0.3) is 0 Å². The van der Waals surface area contributed by atoms with E-state index in [1.165, 1.54) is 57.8 Å². The lowest BCUT2D eigenvalue weighted by Crippen LogP contribution is -2.30. The molecule has 0 amide bonds. The van der Waals surface area contributed by atoms with Crippen LogP contribution in [0.25, 0.3) is 0 Å². The summed E-state index contributed by atoms with van der Waals surface area (Å²) in [6.45, 7) is 10.1. The van der Waals surface area contributed by atoms with Gasteiger partial charge in [-0.15, -0.1) is 0 Å². The van der Waals surface area contributed by atoms with Crippen LogP contribution < -0.4 is 0 Å². The van der Waals surface area contributed by atoms with Crippen molar-refractivity contribution >= 4 is 0 Å². The summed E-state index contributed by atoms with van der Waals surface area (Å²) in [5, 5.41) is 0. The van der Waals surface area contributed by atoms with Gasteiger partial charge in [-0.3, -0.25) is 0 Å². The first-order chi connectivity index (χ1) is 9.09. The minimum atomic E-state index is 0.944. The van der Waals surface area contributed by atoms with Crippen molar-refractivity contribution in [3.63, 3.8) is 0 Å². The predicted octanol–water partition coefficient (Wildman–Crippen LogP) is 6.30. The second-order valence-corrected chi connectivity index (χ2v) is 8.00. The molecule has 0 radical (unpaired) electrons. The SMILES string of the molecule is CC1CCCCCC(C(C)C(C)C2CCC2)CC1C. The molecule has 0 heterocycles. The molecule has 5 atom stereocenters. The predicted molar refractivity (Wildman–Crippen MR) is 85.2 cm³/mol. The smallest absolute Gasteiger partial charge is 0.0383 e. The van der Waals surface area contributed by atoms with Gasteiger partial charge in [-0.2, -0.15) is 0 Å². The lowest BCUT2D eigenvalue weighted by atomic mass is 9.66. The van der Waals surface area contributed by atoms with Gasteiger partial charge in [-0.1, -0.05) is 79.1 Å². The zero-order chi connectivity index (χ0) is 13.8. The van der Waals surface area contributed by atoms with E-state index in [0.29, 0.717) is 0 Å². The highest BCUT2D eigenvalue weighted by atomic mass is 14.4. The van der Waals surface area contributed by atoms with E-state index in [1.807, 2.05) is 0 Å². The van der Waals surface area contributed by atoms with E-state index in [4.69, 9.17) is 0 Å². The maximum Gasteiger partial charge on any atom is -0.0383 e. The van der Waals surface area contributed by atoms with E-state index in [0.717, 1.165) is 35.5 Å². The van der Waals surface area contributed by atoms with Crippen LogP contribution in [-0.4, -0.2) is 0 Å². The molecule has 5 unspecified atom stereocenters. The van der Waals surface area contributed by atoms with Crippen molar-refractivity contribution in [3.05, 3.63) is 0 Å². The first kappa shape index (κ1) is 15.4. The average molecular weight is 264 g/mol. The van der Waals surface area contributed by atoms with Crippen molar-refractivity contribution in [2.24, 2.45) is 35.5 Å². The molecule has 19 heavy (non-hydrogen) atoms. The van der Waals surface area contributed by atoms with E-state index in [1.54, 1.807) is 0 Å². The van der Waals surface area contributed by atoms with Gasteiger partial charge >= 0.3 is 0 Å². The molecule has 2 aliphatic carbocycles. The summed E-state index contributed by atoms with van der Waals surface area (Å²) in [5.41, 5.74) is 0. The molecule has 112 valence electrons. The highest BCUT2D eigenvalue weighted by Crippen LogP contribution is 2.43. The third kappa shape index (κ3) is 3.99. The molecule has 0 aromatic carbocycles. The third-order valence-corrected chi connectivity index (χ3v) is 6.85. The van der Waals surface area contributed by atoms with Gasteiger partial charge in [-0.05, 0) is 41.9 Å². The van der Waals surface area contributed by atoms with Crippen molar-refractivity contribution < 1.29 is 0 Å². The molecule has 0 spiro atoms. The molecule has 0 aliphatic heterocycles. The molecule has 0 aromatic heterocycles. The zero-order valence-corrected chi connectivity index (χ0v) is 13.8. The van der Waals surface area contributed by atoms with Crippen molar-refractivity contribution in [2.45, 2.75) is 85.5 Å². The van der Waals surface area contributed by atoms with Crippen LogP contribution in [0.5, 0.6) is 0 Å². The summed E-state index contributed by atoms with van der Waals surface area (Å²) in [4.78, 5) is 0. The largest absolute Gasteiger partial charge is 0.0623 e. The fraction of sp³-hybridized carbons (Fsp3) is 1.00. The molecular weight excluding hydrogens is 228 g/mol. The summed E-state index contributed by atoms with van der Waals surface area (Å²) in [6.07, 6.45) is 13.5. The van der Waals surface area contributed by atoms with Gasteiger partial charge in [0, 0.05) is 0 Å². The van der Waals surface area contributed by atoms with Gasteiger partial charge < -0.3 is 0 Å². The summed E-state index contributed by atoms with van der Waals surface area (Å²) in [6, 6.07) is 0. The Morgan fingerprint density at radius 2 is 1.21 bits per heavy atom. The first-order valence-electron chi connectivity index (χ1n) is 9.09. The zero-order valence-electron chi connectivity index (χ0n) is 13.8. The van der Waals surface area contributed by atoms with Crippen LogP contribution in [0.2, 0.25) is 0 Å². The van der Waals surface area contributed by atoms with Crippen molar-refractivity contribution in [1.82, 2.24) is 0 Å². The second kappa shape index (κ2) is 7.14. The molecule has 2 fully saturated rings. The van der Waals surface area contributed by atoms with Crippen molar-refractivity contribution in [2.75, 3.05) is 0 Å². The van der Waals surface area contributed by atoms with E-state index in [-0.39, 0.29) is 0 Å². The van der Waals surface area contributed by atoms with Gasteiger partial charge in [-0.25, -0.2) is 0 Å². The Bertz CT molecular complexity index is 253. The van der Waals surface area contributed by atoms with Crippen LogP contribution in [0.1, 0.15) is 85.5 Å². The van der Waals surface area contributed by atoms with Crippen molar-refractivity contribution in [1.29, 1.82) is 0 Å². The van der Waals surface area contributed by atoms with Gasteiger partial charge in [0.05, 0.1) is 0 Å². The van der Waals surface area contributed by atoms with Gasteiger partial charge in [0.15, 0.2) is 0 Å². The molecule has 0 heteroatoms. The molecule has 0 N–H and O–H groups in total. The molecule has 2 aliphatic rings. The number of hydrogen-bond donors (Lipinski definition) is 0. The van der Waals surface area contributed by atoms with Crippen LogP contribution in [0.4, 0.5) is 0 Å². The quantitative estimate of drug-likeness (QED) is 0.561. The Morgan fingerprint density at radius 3 is 1.84 bits per heavy atom. The highest BCUT2D eigenvalue weighted by molar-refractivity contribution is 4.83. The first-order valence-corrected chi connectivity index (χ1v) is 9.09. The van der Waals surface area contributed by atoms with Gasteiger partial charge in [0.2, 0.25) is 0 Å². The summed E-state index contributed by atoms with van der Waals surface area (Å²) >= 11 is 0. The molecule has 0 aromatic rings. The fourth-order valence-electron chi connectivity index (χ4n) is 4.46. The Hall–Kier alpha value is 0. The minimum absolute atomic E-state index is 0.944. The van der Waals surface area contributed by atoms with Crippen LogP contribution >= 0.6 is 0 Å². The Balaban J connectivity index is 1.94. The molecular formula is C19H36. The van der Waals surface area contributed by atoms with E-state index < -0.39 is 0 Å². The normalized spacial score (nSPS) is 37.6. The van der Waals surface area contributed by atoms with E-state index >= 15 is 0 Å². The minimum Gasteiger partial charge on any atom is -0.0623 e. The molecule has 0 nitrogen and oxygen atoms in total. The Kier molecular flexibility index (Phi) is 5.78. The molecule has 2 rings (SSSR count). The van der Waals surface area contributed by atoms with Crippen molar-refractivity contribution in [3.8, 4) is 0 Å². The maximum atomic E-state index is 2.57. The second-order valence-electron chi connectivity index (χ2n) is 8.00. The Labute approximate surface area is 121 Å². The van der Waals surface area contributed by atoms with E-state index in [9.17, 15) is 0 Å². The van der Waals surface area contributed by atoms with Gasteiger partial charge in [0.1, 0.15) is 0 Å². The van der Waals surface area contributed by atoms with Crippen LogP contribution in [0.15, 0.2) is 0 Å². The lowest BCUT2D eigenvalue weighted by molar-refractivity contribution is 0.108. The van der Waals surface area contributed by atoms with Crippen LogP contribution in [0.3, 0.4) is 0 Å². The lowest BCUT2D eigenvalue weighted by Gasteiger charge is -2.39. The molecule has 0 bridgehead atoms. The Morgan fingerprint density at radius 1 is 0.632 bits per heavy atom. The fourth-order valence-corrected chi connectivity index (χ4v) is 4.46. The van der Waals surface area contributed by atoms with E-state index in [2.05, 4.69) is 27.7 Å². The summed E-state index contributed by atoms with van der Waals surface area (Å²) < 4.78 is 0. The summed E-state index contributed by atoms with van der Waals surface area (Å²) in [7, 11) is 0. The number of rotatable bonds is 3. The third-order valence-electron chi connectivity index (χ3n) is 6.85. The topological polar surface area (TPSA) is 0 Å².